The van der Waals surface area contributed by atoms with Gasteiger partial charge in [0.15, 0.2) is 0 Å². The number of anilines is 1. The quantitative estimate of drug-likeness (QED) is 0.894. The minimum absolute atomic E-state index is 0.0487. The lowest BCUT2D eigenvalue weighted by molar-refractivity contribution is -0.141. The van der Waals surface area contributed by atoms with Crippen LogP contribution in [0.5, 0.6) is 0 Å². The lowest BCUT2D eigenvalue weighted by atomic mass is 9.89. The average Bonchev–Trinajstić information content (AvgIpc) is 3.03. The van der Waals surface area contributed by atoms with Crippen LogP contribution in [-0.2, 0) is 10.9 Å². The molecule has 2 saturated heterocycles. The van der Waals surface area contributed by atoms with E-state index in [1.54, 1.807) is 4.90 Å². The normalized spacial score (nSPS) is 28.0. The zero-order valence-corrected chi connectivity index (χ0v) is 13.0. The number of alkyl halides is 3. The van der Waals surface area contributed by atoms with E-state index >= 15 is 0 Å². The summed E-state index contributed by atoms with van der Waals surface area (Å²) in [7, 11) is 0. The number of aliphatic hydroxyl groups excluding tert-OH is 1. The maximum atomic E-state index is 13.0. The van der Waals surface area contributed by atoms with Crippen molar-refractivity contribution in [1.29, 1.82) is 5.26 Å². The van der Waals surface area contributed by atoms with Crippen molar-refractivity contribution >= 4 is 5.82 Å². The van der Waals surface area contributed by atoms with Gasteiger partial charge in [-0.3, -0.25) is 0 Å². The molecule has 2 aliphatic rings. The van der Waals surface area contributed by atoms with Gasteiger partial charge in [0.2, 0.25) is 0 Å². The van der Waals surface area contributed by atoms with Crippen LogP contribution in [0.3, 0.4) is 0 Å². The number of aliphatic hydroxyl groups is 1. The van der Waals surface area contributed by atoms with E-state index in [-0.39, 0.29) is 23.3 Å². The van der Waals surface area contributed by atoms with E-state index in [9.17, 15) is 23.5 Å². The highest BCUT2D eigenvalue weighted by Crippen LogP contribution is 2.36. The molecule has 0 saturated carbocycles. The topological polar surface area (TPSA) is 69.4 Å². The number of hydrogen-bond acceptors (Lipinski definition) is 5. The third kappa shape index (κ3) is 3.19. The second-order valence-corrected chi connectivity index (χ2v) is 6.17. The van der Waals surface area contributed by atoms with Gasteiger partial charge in [0.25, 0.3) is 0 Å². The summed E-state index contributed by atoms with van der Waals surface area (Å²) < 4.78 is 44.4. The Labute approximate surface area is 137 Å². The van der Waals surface area contributed by atoms with Crippen LogP contribution >= 0.6 is 0 Å². The number of pyridine rings is 1. The molecule has 0 aliphatic carbocycles. The second kappa shape index (κ2) is 6.57. The molecule has 5 nitrogen and oxygen atoms in total. The van der Waals surface area contributed by atoms with Gasteiger partial charge in [-0.2, -0.15) is 18.4 Å². The first kappa shape index (κ1) is 17.0. The molecule has 2 fully saturated rings. The molecule has 3 atom stereocenters. The van der Waals surface area contributed by atoms with Gasteiger partial charge in [0, 0.05) is 25.1 Å². The molecule has 0 aromatic carbocycles. The summed E-state index contributed by atoms with van der Waals surface area (Å²) in [5.74, 6) is -0.142. The summed E-state index contributed by atoms with van der Waals surface area (Å²) in [6.07, 6.45) is -3.10. The Morgan fingerprint density at radius 3 is 2.79 bits per heavy atom. The number of halogens is 3. The first-order valence-electron chi connectivity index (χ1n) is 7.92. The second-order valence-electron chi connectivity index (χ2n) is 6.17. The number of rotatable bonds is 2. The highest BCUT2D eigenvalue weighted by Gasteiger charge is 2.40. The smallest absolute Gasteiger partial charge is 0.393 e. The van der Waals surface area contributed by atoms with Crippen LogP contribution in [0.2, 0.25) is 0 Å². The average molecular weight is 341 g/mol. The predicted octanol–water partition coefficient (Wildman–Crippen LogP) is 2.34. The molecular weight excluding hydrogens is 323 g/mol. The van der Waals surface area contributed by atoms with E-state index < -0.39 is 18.0 Å². The third-order valence-electron chi connectivity index (χ3n) is 4.71. The van der Waals surface area contributed by atoms with Crippen molar-refractivity contribution in [1.82, 2.24) is 4.98 Å². The van der Waals surface area contributed by atoms with Crippen LogP contribution in [0.15, 0.2) is 12.1 Å². The molecule has 24 heavy (non-hydrogen) atoms. The summed E-state index contributed by atoms with van der Waals surface area (Å²) >= 11 is 0. The van der Waals surface area contributed by atoms with E-state index in [1.165, 1.54) is 0 Å². The number of nitrogens with zero attached hydrogens (tertiary/aromatic N) is 3. The van der Waals surface area contributed by atoms with Crippen molar-refractivity contribution in [2.24, 2.45) is 5.92 Å². The zero-order valence-electron chi connectivity index (χ0n) is 13.0. The highest BCUT2D eigenvalue weighted by atomic mass is 19.4. The maximum Gasteiger partial charge on any atom is 0.433 e. The van der Waals surface area contributed by atoms with Crippen LogP contribution in [0.1, 0.15) is 30.5 Å². The van der Waals surface area contributed by atoms with E-state index in [0.717, 1.165) is 25.0 Å². The standard InChI is InChI=1S/C16H18F3N3O2/c17-16(18,19)14-4-3-10(8-20)15(21-14)22-6-1-2-12(22)11-9-24-7-5-13(11)23/h3-4,11-13,23H,1-2,5-7,9H2. The Morgan fingerprint density at radius 2 is 2.12 bits per heavy atom. The van der Waals surface area contributed by atoms with Crippen LogP contribution in [0.25, 0.3) is 0 Å². The fourth-order valence-corrected chi connectivity index (χ4v) is 3.53. The molecule has 8 heteroatoms. The lowest BCUT2D eigenvalue weighted by Crippen LogP contribution is -2.46. The van der Waals surface area contributed by atoms with Crippen molar-refractivity contribution in [2.75, 3.05) is 24.7 Å². The monoisotopic (exact) mass is 341 g/mol. The molecule has 0 bridgehead atoms. The lowest BCUT2D eigenvalue weighted by Gasteiger charge is -2.37. The van der Waals surface area contributed by atoms with Crippen molar-refractivity contribution in [3.8, 4) is 6.07 Å². The van der Waals surface area contributed by atoms with E-state index in [0.29, 0.717) is 26.2 Å². The van der Waals surface area contributed by atoms with Gasteiger partial charge in [-0.1, -0.05) is 0 Å². The summed E-state index contributed by atoms with van der Waals surface area (Å²) in [5, 5.41) is 19.5. The molecule has 3 heterocycles. The number of hydrogen-bond donors (Lipinski definition) is 1. The van der Waals surface area contributed by atoms with E-state index in [1.807, 2.05) is 6.07 Å². The predicted molar refractivity (Wildman–Crippen MR) is 79.3 cm³/mol. The van der Waals surface area contributed by atoms with Crippen LogP contribution < -0.4 is 4.90 Å². The molecule has 0 amide bonds. The van der Waals surface area contributed by atoms with E-state index in [2.05, 4.69) is 4.98 Å². The molecule has 3 unspecified atom stereocenters. The molecule has 1 aromatic heterocycles. The highest BCUT2D eigenvalue weighted by molar-refractivity contribution is 5.56. The fraction of sp³-hybridized carbons (Fsp3) is 0.625. The van der Waals surface area contributed by atoms with Crippen molar-refractivity contribution in [3.05, 3.63) is 23.4 Å². The van der Waals surface area contributed by atoms with Gasteiger partial charge in [0.1, 0.15) is 17.6 Å². The molecule has 1 N–H and O–H groups in total. The summed E-state index contributed by atoms with van der Waals surface area (Å²) in [4.78, 5) is 5.46. The van der Waals surface area contributed by atoms with Crippen molar-refractivity contribution < 1.29 is 23.0 Å². The summed E-state index contributed by atoms with van der Waals surface area (Å²) in [6, 6.07) is 3.73. The van der Waals surface area contributed by atoms with Crippen molar-refractivity contribution in [2.45, 2.75) is 37.6 Å². The molecule has 2 aliphatic heterocycles. The van der Waals surface area contributed by atoms with E-state index in [4.69, 9.17) is 4.74 Å². The first-order valence-corrected chi connectivity index (χ1v) is 7.92. The molecule has 0 radical (unpaired) electrons. The molecule has 0 spiro atoms. The van der Waals surface area contributed by atoms with Gasteiger partial charge in [0.05, 0.1) is 18.3 Å². The van der Waals surface area contributed by atoms with Gasteiger partial charge in [-0.05, 0) is 31.4 Å². The maximum absolute atomic E-state index is 13.0. The van der Waals surface area contributed by atoms with Crippen molar-refractivity contribution in [3.63, 3.8) is 0 Å². The Bertz CT molecular complexity index is 644. The zero-order chi connectivity index (χ0) is 17.3. The third-order valence-corrected chi connectivity index (χ3v) is 4.71. The number of ether oxygens (including phenoxy) is 1. The van der Waals surface area contributed by atoms with Gasteiger partial charge >= 0.3 is 6.18 Å². The summed E-state index contributed by atoms with van der Waals surface area (Å²) in [5.41, 5.74) is -0.899. The van der Waals surface area contributed by atoms with Crippen LogP contribution in [-0.4, -0.2) is 42.0 Å². The Morgan fingerprint density at radius 1 is 1.33 bits per heavy atom. The SMILES string of the molecule is N#Cc1ccc(C(F)(F)F)nc1N1CCCC1C1COCCC1O. The number of nitriles is 1. The molecule has 130 valence electrons. The number of aromatic nitrogens is 1. The summed E-state index contributed by atoms with van der Waals surface area (Å²) in [6.45, 7) is 1.36. The van der Waals surface area contributed by atoms with Gasteiger partial charge in [-0.15, -0.1) is 0 Å². The molecule has 1 aromatic rings. The van der Waals surface area contributed by atoms with Crippen LogP contribution in [0, 0.1) is 17.2 Å². The molecule has 3 rings (SSSR count). The Balaban J connectivity index is 1.95. The largest absolute Gasteiger partial charge is 0.433 e. The first-order chi connectivity index (χ1) is 11.4. The van der Waals surface area contributed by atoms with Gasteiger partial charge in [-0.25, -0.2) is 4.98 Å². The minimum Gasteiger partial charge on any atom is -0.393 e. The van der Waals surface area contributed by atoms with Gasteiger partial charge < -0.3 is 14.7 Å². The Kier molecular flexibility index (Phi) is 4.65. The fourth-order valence-electron chi connectivity index (χ4n) is 3.53. The molecular formula is C16H18F3N3O2. The minimum atomic E-state index is -4.56. The Hall–Kier alpha value is -1.85. The van der Waals surface area contributed by atoms with Crippen LogP contribution in [0.4, 0.5) is 19.0 Å².